The molecule has 2 atom stereocenters. The number of rotatable bonds is 7. The van der Waals surface area contributed by atoms with Crippen LogP contribution in [0.3, 0.4) is 0 Å². The van der Waals surface area contributed by atoms with E-state index < -0.39 is 5.54 Å². The molecule has 21 heavy (non-hydrogen) atoms. The summed E-state index contributed by atoms with van der Waals surface area (Å²) in [6.45, 7) is 16.2. The molecule has 1 saturated heterocycles. The van der Waals surface area contributed by atoms with Crippen LogP contribution in [0.15, 0.2) is 0 Å². The average Bonchev–Trinajstić information content (AvgIpc) is 2.38. The number of nitrogens with one attached hydrogen (secondary N) is 1. The predicted octanol–water partition coefficient (Wildman–Crippen LogP) is 2.82. The molecule has 0 saturated carbocycles. The highest BCUT2D eigenvalue weighted by atomic mass is 16.5. The van der Waals surface area contributed by atoms with Gasteiger partial charge < -0.3 is 15.0 Å². The zero-order valence-electron chi connectivity index (χ0n) is 14.8. The lowest BCUT2D eigenvalue weighted by atomic mass is 9.81. The molecule has 1 aliphatic rings. The first kappa shape index (κ1) is 18.4. The van der Waals surface area contributed by atoms with Crippen molar-refractivity contribution in [2.75, 3.05) is 26.2 Å². The van der Waals surface area contributed by atoms with Crippen LogP contribution in [0.2, 0.25) is 0 Å². The Balaban J connectivity index is 2.64. The number of esters is 1. The van der Waals surface area contributed by atoms with Crippen molar-refractivity contribution in [1.29, 1.82) is 0 Å². The Morgan fingerprint density at radius 1 is 1.33 bits per heavy atom. The largest absolute Gasteiger partial charge is 0.465 e. The molecule has 4 nitrogen and oxygen atoms in total. The molecule has 124 valence electrons. The van der Waals surface area contributed by atoms with Gasteiger partial charge in [0.15, 0.2) is 0 Å². The lowest BCUT2D eigenvalue weighted by molar-refractivity contribution is -0.151. The third-order valence-electron chi connectivity index (χ3n) is 4.77. The van der Waals surface area contributed by atoms with Gasteiger partial charge in [-0.15, -0.1) is 0 Å². The first-order chi connectivity index (χ1) is 9.74. The molecule has 0 aromatic heterocycles. The van der Waals surface area contributed by atoms with E-state index >= 15 is 0 Å². The minimum atomic E-state index is -0.586. The summed E-state index contributed by atoms with van der Waals surface area (Å²) in [5.41, 5.74) is -0.126. The lowest BCUT2D eigenvalue weighted by Crippen LogP contribution is -2.55. The molecule has 0 aromatic rings. The molecule has 0 radical (unpaired) electrons. The third kappa shape index (κ3) is 5.26. The SMILES string of the molecule is CCNC(C)(CC(C)N1CCC(C)(C)CC1)C(=O)OCC. The highest BCUT2D eigenvalue weighted by Gasteiger charge is 2.37. The number of nitrogens with zero attached hydrogens (tertiary/aromatic N) is 1. The van der Waals surface area contributed by atoms with Gasteiger partial charge in [0.25, 0.3) is 0 Å². The van der Waals surface area contributed by atoms with Gasteiger partial charge in [0.2, 0.25) is 0 Å². The number of carbonyl (C=O) groups is 1. The fraction of sp³-hybridized carbons (Fsp3) is 0.941. The van der Waals surface area contributed by atoms with Crippen LogP contribution in [0.1, 0.15) is 60.8 Å². The number of carbonyl (C=O) groups excluding carboxylic acids is 1. The smallest absolute Gasteiger partial charge is 0.326 e. The fourth-order valence-corrected chi connectivity index (χ4v) is 3.20. The molecule has 1 heterocycles. The number of likely N-dealkylation sites (tertiary alicyclic amines) is 1. The van der Waals surface area contributed by atoms with Crippen molar-refractivity contribution in [2.24, 2.45) is 5.41 Å². The maximum absolute atomic E-state index is 12.3. The zero-order valence-corrected chi connectivity index (χ0v) is 14.8. The van der Waals surface area contributed by atoms with E-state index in [4.69, 9.17) is 4.74 Å². The van der Waals surface area contributed by atoms with Crippen molar-refractivity contribution in [3.63, 3.8) is 0 Å². The highest BCUT2D eigenvalue weighted by Crippen LogP contribution is 2.31. The Morgan fingerprint density at radius 3 is 2.38 bits per heavy atom. The van der Waals surface area contributed by atoms with Crippen molar-refractivity contribution in [3.05, 3.63) is 0 Å². The summed E-state index contributed by atoms with van der Waals surface area (Å²) in [5, 5.41) is 3.33. The van der Waals surface area contributed by atoms with E-state index in [2.05, 4.69) is 31.0 Å². The van der Waals surface area contributed by atoms with Crippen molar-refractivity contribution < 1.29 is 9.53 Å². The molecule has 0 spiro atoms. The van der Waals surface area contributed by atoms with Crippen molar-refractivity contribution in [1.82, 2.24) is 10.2 Å². The van der Waals surface area contributed by atoms with Crippen molar-refractivity contribution in [3.8, 4) is 0 Å². The van der Waals surface area contributed by atoms with Gasteiger partial charge in [0.1, 0.15) is 5.54 Å². The number of likely N-dealkylation sites (N-methyl/N-ethyl adjacent to an activating group) is 1. The standard InChI is InChI=1S/C17H34N2O2/c1-7-18-17(6,15(20)21-8-2)13-14(3)19-11-9-16(4,5)10-12-19/h14,18H,7-13H2,1-6H3. The maximum Gasteiger partial charge on any atom is 0.326 e. The minimum Gasteiger partial charge on any atom is -0.465 e. The van der Waals surface area contributed by atoms with Gasteiger partial charge in [-0.05, 0) is 65.1 Å². The molecule has 0 aliphatic carbocycles. The Kier molecular flexibility index (Phi) is 6.67. The van der Waals surface area contributed by atoms with Crippen molar-refractivity contribution >= 4 is 5.97 Å². The summed E-state index contributed by atoms with van der Waals surface area (Å²) in [7, 11) is 0. The van der Waals surface area contributed by atoms with Gasteiger partial charge in [-0.2, -0.15) is 0 Å². The fourth-order valence-electron chi connectivity index (χ4n) is 3.20. The molecule has 1 rings (SSSR count). The summed E-state index contributed by atoms with van der Waals surface area (Å²) >= 11 is 0. The quantitative estimate of drug-likeness (QED) is 0.734. The number of ether oxygens (including phenoxy) is 1. The Labute approximate surface area is 130 Å². The molecule has 2 unspecified atom stereocenters. The molecule has 0 bridgehead atoms. The molecule has 1 N–H and O–H groups in total. The minimum absolute atomic E-state index is 0.129. The van der Waals surface area contributed by atoms with Gasteiger partial charge in [0.05, 0.1) is 6.61 Å². The van der Waals surface area contributed by atoms with Gasteiger partial charge in [-0.3, -0.25) is 4.79 Å². The first-order valence-electron chi connectivity index (χ1n) is 8.40. The highest BCUT2D eigenvalue weighted by molar-refractivity contribution is 5.80. The van der Waals surface area contributed by atoms with Crippen LogP contribution in [0, 0.1) is 5.41 Å². The van der Waals surface area contributed by atoms with Crippen LogP contribution in [-0.2, 0) is 9.53 Å². The zero-order chi connectivity index (χ0) is 16.1. The van der Waals surface area contributed by atoms with Gasteiger partial charge in [-0.25, -0.2) is 0 Å². The van der Waals surface area contributed by atoms with Crippen LogP contribution in [0.25, 0.3) is 0 Å². The summed E-state index contributed by atoms with van der Waals surface area (Å²) < 4.78 is 5.26. The average molecular weight is 298 g/mol. The second-order valence-electron chi connectivity index (χ2n) is 7.34. The summed E-state index contributed by atoms with van der Waals surface area (Å²) in [6, 6.07) is 0.384. The van der Waals surface area contributed by atoms with E-state index in [0.717, 1.165) is 26.1 Å². The molecule has 0 aromatic carbocycles. The normalized spacial score (nSPS) is 23.3. The molecule has 0 amide bonds. The molecule has 1 aliphatic heterocycles. The van der Waals surface area contributed by atoms with Crippen LogP contribution in [-0.4, -0.2) is 48.7 Å². The van der Waals surface area contributed by atoms with E-state index in [1.54, 1.807) is 0 Å². The second-order valence-corrected chi connectivity index (χ2v) is 7.34. The monoisotopic (exact) mass is 298 g/mol. The Hall–Kier alpha value is -0.610. The first-order valence-corrected chi connectivity index (χ1v) is 8.40. The number of piperidine rings is 1. The third-order valence-corrected chi connectivity index (χ3v) is 4.77. The van der Waals surface area contributed by atoms with Gasteiger partial charge in [0, 0.05) is 6.04 Å². The molecule has 1 fully saturated rings. The van der Waals surface area contributed by atoms with Gasteiger partial charge >= 0.3 is 5.97 Å². The van der Waals surface area contributed by atoms with Gasteiger partial charge in [-0.1, -0.05) is 20.8 Å². The maximum atomic E-state index is 12.3. The Morgan fingerprint density at radius 2 is 1.90 bits per heavy atom. The summed E-state index contributed by atoms with van der Waals surface area (Å²) in [6.07, 6.45) is 3.25. The molecular formula is C17H34N2O2. The van der Waals surface area contributed by atoms with Crippen LogP contribution >= 0.6 is 0 Å². The van der Waals surface area contributed by atoms with E-state index in [-0.39, 0.29) is 5.97 Å². The second kappa shape index (κ2) is 7.59. The number of hydrogen-bond acceptors (Lipinski definition) is 4. The molecular weight excluding hydrogens is 264 g/mol. The van der Waals surface area contributed by atoms with Crippen LogP contribution in [0.4, 0.5) is 0 Å². The van der Waals surface area contributed by atoms with Crippen LogP contribution in [0.5, 0.6) is 0 Å². The van der Waals surface area contributed by atoms with E-state index in [0.29, 0.717) is 18.1 Å². The topological polar surface area (TPSA) is 41.6 Å². The summed E-state index contributed by atoms with van der Waals surface area (Å²) in [5.74, 6) is -0.129. The lowest BCUT2D eigenvalue weighted by Gasteiger charge is -2.42. The molecule has 4 heteroatoms. The number of hydrogen-bond donors (Lipinski definition) is 1. The van der Waals surface area contributed by atoms with E-state index in [9.17, 15) is 4.79 Å². The van der Waals surface area contributed by atoms with Crippen LogP contribution < -0.4 is 5.32 Å². The van der Waals surface area contributed by atoms with E-state index in [1.807, 2.05) is 20.8 Å². The Bertz CT molecular complexity index is 334. The predicted molar refractivity (Wildman–Crippen MR) is 87.4 cm³/mol. The van der Waals surface area contributed by atoms with E-state index in [1.165, 1.54) is 12.8 Å². The van der Waals surface area contributed by atoms with Crippen molar-refractivity contribution in [2.45, 2.75) is 72.4 Å². The summed E-state index contributed by atoms with van der Waals surface area (Å²) in [4.78, 5) is 14.8.